The fourth-order valence-corrected chi connectivity index (χ4v) is 2.29. The minimum Gasteiger partial charge on any atom is -0.493 e. The topological polar surface area (TPSA) is 92.9 Å². The summed E-state index contributed by atoms with van der Waals surface area (Å²) in [5, 5.41) is 12.4. The van der Waals surface area contributed by atoms with Crippen LogP contribution in [0.4, 0.5) is 0 Å². The normalized spacial score (nSPS) is 10.2. The molecule has 0 fully saturated rings. The van der Waals surface area contributed by atoms with Crippen LogP contribution < -0.4 is 19.6 Å². The van der Waals surface area contributed by atoms with Gasteiger partial charge in [-0.25, -0.2) is 5.43 Å². The molecule has 26 heavy (non-hydrogen) atoms. The summed E-state index contributed by atoms with van der Waals surface area (Å²) in [4.78, 5) is 11.8. The molecule has 0 bridgehead atoms. The first-order chi connectivity index (χ1) is 12.6. The third-order valence-electron chi connectivity index (χ3n) is 3.05. The first-order valence-corrected chi connectivity index (χ1v) is 8.29. The molecule has 1 N–H and O–H groups in total. The Morgan fingerprint density at radius 3 is 2.85 bits per heavy atom. The zero-order valence-corrected chi connectivity index (χ0v) is 15.5. The van der Waals surface area contributed by atoms with Crippen molar-refractivity contribution in [2.24, 2.45) is 5.10 Å². The fraction of sp³-hybridized carbons (Fsp3) is 0.167. The first-order valence-electron chi connectivity index (χ1n) is 7.50. The average Bonchev–Trinajstić information content (AvgIpc) is 2.65. The Morgan fingerprint density at radius 2 is 2.12 bits per heavy atom. The van der Waals surface area contributed by atoms with Crippen LogP contribution in [0.3, 0.4) is 0 Å². The average molecular weight is 418 g/mol. The minimum absolute atomic E-state index is 0.0716. The van der Waals surface area contributed by atoms with E-state index in [2.05, 4.69) is 26.5 Å². The SMILES string of the molecule is COc1cc(/C=N/NC(=O)COc2cccc(Br)c2)ccc1OCC#N. The Bertz CT molecular complexity index is 833. The van der Waals surface area contributed by atoms with Gasteiger partial charge < -0.3 is 14.2 Å². The first kappa shape index (κ1) is 19.3. The van der Waals surface area contributed by atoms with Crippen LogP contribution in [0.5, 0.6) is 17.2 Å². The molecule has 0 aliphatic heterocycles. The Balaban J connectivity index is 1.87. The molecule has 7 nitrogen and oxygen atoms in total. The molecule has 8 heteroatoms. The van der Waals surface area contributed by atoms with Crippen molar-refractivity contribution < 1.29 is 19.0 Å². The van der Waals surface area contributed by atoms with Crippen LogP contribution in [0.1, 0.15) is 5.56 Å². The summed E-state index contributed by atoms with van der Waals surface area (Å²) < 4.78 is 16.7. The molecule has 0 radical (unpaired) electrons. The fourth-order valence-electron chi connectivity index (χ4n) is 1.91. The van der Waals surface area contributed by atoms with E-state index < -0.39 is 0 Å². The highest BCUT2D eigenvalue weighted by Crippen LogP contribution is 2.27. The minimum atomic E-state index is -0.387. The lowest BCUT2D eigenvalue weighted by Crippen LogP contribution is -2.24. The monoisotopic (exact) mass is 417 g/mol. The molecular weight excluding hydrogens is 402 g/mol. The van der Waals surface area contributed by atoms with E-state index in [0.29, 0.717) is 22.8 Å². The third-order valence-corrected chi connectivity index (χ3v) is 3.54. The van der Waals surface area contributed by atoms with Crippen LogP contribution in [0.2, 0.25) is 0 Å². The molecule has 2 aromatic carbocycles. The number of hydrogen-bond acceptors (Lipinski definition) is 6. The van der Waals surface area contributed by atoms with Crippen molar-refractivity contribution in [2.75, 3.05) is 20.3 Å². The summed E-state index contributed by atoms with van der Waals surface area (Å²) in [7, 11) is 1.50. The van der Waals surface area contributed by atoms with E-state index in [0.717, 1.165) is 4.47 Å². The standard InChI is InChI=1S/C18H16BrN3O4/c1-24-17-9-13(5-6-16(17)25-8-7-20)11-21-22-18(23)12-26-15-4-2-3-14(19)10-15/h2-6,9-11H,8,12H2,1H3,(H,22,23)/b21-11+. The van der Waals surface area contributed by atoms with Gasteiger partial charge >= 0.3 is 0 Å². The maximum absolute atomic E-state index is 11.8. The highest BCUT2D eigenvalue weighted by atomic mass is 79.9. The number of hydrazone groups is 1. The molecule has 2 rings (SSSR count). The lowest BCUT2D eigenvalue weighted by atomic mass is 10.2. The van der Waals surface area contributed by atoms with Crippen LogP contribution in [-0.4, -0.2) is 32.4 Å². The molecule has 1 amide bonds. The van der Waals surface area contributed by atoms with Gasteiger partial charge in [-0.05, 0) is 42.0 Å². The Morgan fingerprint density at radius 1 is 1.27 bits per heavy atom. The van der Waals surface area contributed by atoms with Crippen LogP contribution in [-0.2, 0) is 4.79 Å². The maximum atomic E-state index is 11.8. The van der Waals surface area contributed by atoms with Crippen LogP contribution in [0.25, 0.3) is 0 Å². The highest BCUT2D eigenvalue weighted by Gasteiger charge is 2.05. The van der Waals surface area contributed by atoms with Crippen molar-refractivity contribution in [3.63, 3.8) is 0 Å². The van der Waals surface area contributed by atoms with Crippen molar-refractivity contribution in [1.82, 2.24) is 5.43 Å². The molecule has 0 saturated carbocycles. The highest BCUT2D eigenvalue weighted by molar-refractivity contribution is 9.10. The zero-order chi connectivity index (χ0) is 18.8. The van der Waals surface area contributed by atoms with E-state index in [1.54, 1.807) is 30.3 Å². The number of amides is 1. The summed E-state index contributed by atoms with van der Waals surface area (Å²) in [6.07, 6.45) is 1.47. The number of ether oxygens (including phenoxy) is 3. The van der Waals surface area contributed by atoms with Gasteiger partial charge in [0.1, 0.15) is 11.8 Å². The number of nitrogens with zero attached hydrogens (tertiary/aromatic N) is 2. The van der Waals surface area contributed by atoms with E-state index >= 15 is 0 Å². The van der Waals surface area contributed by atoms with Gasteiger partial charge in [-0.1, -0.05) is 22.0 Å². The molecule has 0 heterocycles. The predicted octanol–water partition coefficient (Wildman–Crippen LogP) is 2.89. The molecule has 0 aliphatic carbocycles. The third kappa shape index (κ3) is 6.11. The molecule has 0 unspecified atom stereocenters. The predicted molar refractivity (Wildman–Crippen MR) is 99.5 cm³/mol. The number of carbonyl (C=O) groups excluding carboxylic acids is 1. The number of benzene rings is 2. The molecule has 0 saturated heterocycles. The van der Waals surface area contributed by atoms with Crippen LogP contribution in [0, 0.1) is 11.3 Å². The van der Waals surface area contributed by atoms with E-state index in [1.807, 2.05) is 18.2 Å². The molecule has 2 aromatic rings. The lowest BCUT2D eigenvalue weighted by Gasteiger charge is -2.08. The Labute approximate surface area is 159 Å². The second-order valence-electron chi connectivity index (χ2n) is 4.90. The molecular formula is C18H16BrN3O4. The number of methoxy groups -OCH3 is 1. The zero-order valence-electron chi connectivity index (χ0n) is 13.9. The van der Waals surface area contributed by atoms with Crippen molar-refractivity contribution in [3.05, 3.63) is 52.5 Å². The molecule has 134 valence electrons. The van der Waals surface area contributed by atoms with Gasteiger partial charge in [0.05, 0.1) is 13.3 Å². The van der Waals surface area contributed by atoms with Gasteiger partial charge in [0.2, 0.25) is 0 Å². The van der Waals surface area contributed by atoms with Gasteiger partial charge in [-0.3, -0.25) is 4.79 Å². The summed E-state index contributed by atoms with van der Waals surface area (Å²) in [5.41, 5.74) is 3.07. The number of rotatable bonds is 8. The van der Waals surface area contributed by atoms with E-state index in [1.165, 1.54) is 13.3 Å². The van der Waals surface area contributed by atoms with Gasteiger partial charge in [-0.2, -0.15) is 10.4 Å². The summed E-state index contributed by atoms with van der Waals surface area (Å²) in [6.45, 7) is -0.226. The number of nitriles is 1. The van der Waals surface area contributed by atoms with Crippen LogP contribution in [0.15, 0.2) is 52.0 Å². The van der Waals surface area contributed by atoms with Gasteiger partial charge in [0, 0.05) is 4.47 Å². The lowest BCUT2D eigenvalue weighted by molar-refractivity contribution is -0.123. The van der Waals surface area contributed by atoms with Gasteiger partial charge in [0.15, 0.2) is 24.7 Å². The van der Waals surface area contributed by atoms with Crippen molar-refractivity contribution in [2.45, 2.75) is 0 Å². The largest absolute Gasteiger partial charge is 0.493 e. The number of carbonyl (C=O) groups is 1. The quantitative estimate of drug-likeness (QED) is 0.526. The molecule has 0 aliphatic rings. The summed E-state index contributed by atoms with van der Waals surface area (Å²) in [5.74, 6) is 1.12. The van der Waals surface area contributed by atoms with E-state index in [9.17, 15) is 4.79 Å². The number of nitrogens with one attached hydrogen (secondary N) is 1. The molecule has 0 atom stereocenters. The van der Waals surface area contributed by atoms with Gasteiger partial charge in [-0.15, -0.1) is 0 Å². The van der Waals surface area contributed by atoms with Crippen molar-refractivity contribution in [1.29, 1.82) is 5.26 Å². The van der Waals surface area contributed by atoms with Crippen molar-refractivity contribution in [3.8, 4) is 23.3 Å². The summed E-state index contributed by atoms with van der Waals surface area (Å²) >= 11 is 3.33. The van der Waals surface area contributed by atoms with Crippen LogP contribution >= 0.6 is 15.9 Å². The maximum Gasteiger partial charge on any atom is 0.277 e. The van der Waals surface area contributed by atoms with E-state index in [-0.39, 0.29) is 19.1 Å². The molecule has 0 aromatic heterocycles. The van der Waals surface area contributed by atoms with Crippen molar-refractivity contribution >= 4 is 28.1 Å². The summed E-state index contributed by atoms with van der Waals surface area (Å²) in [6, 6.07) is 14.1. The van der Waals surface area contributed by atoms with Gasteiger partial charge in [0.25, 0.3) is 5.91 Å². The number of halogens is 1. The smallest absolute Gasteiger partial charge is 0.277 e. The molecule has 0 spiro atoms. The Hall–Kier alpha value is -3.05. The second kappa shape index (κ2) is 10.1. The second-order valence-corrected chi connectivity index (χ2v) is 5.81. The number of hydrogen-bond donors (Lipinski definition) is 1. The van der Waals surface area contributed by atoms with E-state index in [4.69, 9.17) is 19.5 Å². The Kier molecular flexibility index (Phi) is 7.46.